The lowest BCUT2D eigenvalue weighted by atomic mass is 9.74. The van der Waals surface area contributed by atoms with Crippen LogP contribution in [0.15, 0.2) is 30.0 Å². The van der Waals surface area contributed by atoms with Crippen LogP contribution in [0.2, 0.25) is 5.02 Å². The van der Waals surface area contributed by atoms with Gasteiger partial charge in [0.25, 0.3) is 0 Å². The van der Waals surface area contributed by atoms with E-state index in [1.54, 1.807) is 6.20 Å². The highest BCUT2D eigenvalue weighted by atomic mass is 35.5. The molecule has 2 rings (SSSR count). The van der Waals surface area contributed by atoms with Gasteiger partial charge in [0.15, 0.2) is 0 Å². The first-order valence-electron chi connectivity index (χ1n) is 10.8. The summed E-state index contributed by atoms with van der Waals surface area (Å²) in [6.07, 6.45) is 2.21. The fourth-order valence-corrected chi connectivity index (χ4v) is 4.17. The number of nitrogens with one attached hydrogen (secondary N) is 1. The number of carboxylic acids is 1. The molecule has 0 fully saturated rings. The number of urea groups is 1. The van der Waals surface area contributed by atoms with Gasteiger partial charge in [0.05, 0.1) is 18.1 Å². The van der Waals surface area contributed by atoms with E-state index < -0.39 is 17.6 Å². The second kappa shape index (κ2) is 9.61. The average molecular weight is 451 g/mol. The van der Waals surface area contributed by atoms with Crippen LogP contribution < -0.4 is 5.32 Å². The Hall–Kier alpha value is -2.05. The van der Waals surface area contributed by atoms with Gasteiger partial charge >= 0.3 is 12.0 Å². The van der Waals surface area contributed by atoms with Crippen molar-refractivity contribution in [3.05, 3.63) is 46.1 Å². The fourth-order valence-electron chi connectivity index (χ4n) is 3.92. The van der Waals surface area contributed by atoms with Crippen molar-refractivity contribution in [3.63, 3.8) is 0 Å². The van der Waals surface area contributed by atoms with Gasteiger partial charge in [0.2, 0.25) is 0 Å². The number of hydrogen-bond donors (Lipinski definition) is 3. The third-order valence-corrected chi connectivity index (χ3v) is 6.40. The molecule has 6 nitrogen and oxygen atoms in total. The van der Waals surface area contributed by atoms with E-state index in [0.29, 0.717) is 17.9 Å². The molecule has 3 N–H and O–H groups in total. The van der Waals surface area contributed by atoms with E-state index in [2.05, 4.69) is 19.2 Å². The number of benzene rings is 1. The molecule has 1 aromatic carbocycles. The standard InChI is InChI=1S/C24H35ClN2O4/c1-7-24(17-9-8-16(19(25)13-17)12-20(28)23(4,5)6)18(15(2)3)14-27(22(31)26-24)11-10-21(29)30/h8-9,13-15,20,28H,7,10-12H2,1-6H3,(H,26,31)(H,29,30)/t20-,24-/m0/s1. The van der Waals surface area contributed by atoms with Crippen molar-refractivity contribution in [1.82, 2.24) is 10.2 Å². The monoisotopic (exact) mass is 450 g/mol. The van der Waals surface area contributed by atoms with E-state index in [1.165, 1.54) is 4.90 Å². The highest BCUT2D eigenvalue weighted by Crippen LogP contribution is 2.41. The van der Waals surface area contributed by atoms with Gasteiger partial charge in [-0.3, -0.25) is 4.79 Å². The Kier molecular flexibility index (Phi) is 7.82. The number of carboxylic acid groups (broad SMARTS) is 1. The molecule has 7 heteroatoms. The zero-order chi connectivity index (χ0) is 23.6. The van der Waals surface area contributed by atoms with Gasteiger partial charge in [-0.15, -0.1) is 0 Å². The van der Waals surface area contributed by atoms with Gasteiger partial charge in [-0.05, 0) is 40.5 Å². The number of halogens is 1. The second-order valence-corrected chi connectivity index (χ2v) is 10.1. The minimum atomic E-state index is -0.945. The summed E-state index contributed by atoms with van der Waals surface area (Å²) >= 11 is 6.62. The first kappa shape index (κ1) is 25.2. The van der Waals surface area contributed by atoms with Crippen LogP contribution in [0.1, 0.15) is 65.5 Å². The summed E-state index contributed by atoms with van der Waals surface area (Å²) in [5.41, 5.74) is 1.75. The summed E-state index contributed by atoms with van der Waals surface area (Å²) in [7, 11) is 0. The van der Waals surface area contributed by atoms with Crippen LogP contribution in [0, 0.1) is 11.3 Å². The zero-order valence-corrected chi connectivity index (χ0v) is 20.1. The van der Waals surface area contributed by atoms with Crippen molar-refractivity contribution in [2.45, 2.75) is 72.4 Å². The Morgan fingerprint density at radius 2 is 1.94 bits per heavy atom. The maximum atomic E-state index is 12.8. The van der Waals surface area contributed by atoms with Crippen molar-refractivity contribution in [2.75, 3.05) is 6.54 Å². The van der Waals surface area contributed by atoms with Crippen molar-refractivity contribution >= 4 is 23.6 Å². The van der Waals surface area contributed by atoms with Crippen LogP contribution in [-0.4, -0.2) is 39.8 Å². The van der Waals surface area contributed by atoms with Gasteiger partial charge in [-0.2, -0.15) is 0 Å². The SMILES string of the molecule is CC[C@@]1(c2ccc(C[C@H](O)C(C)(C)C)c(Cl)c2)NC(=O)N(CCC(=O)O)C=C1C(C)C. The molecule has 0 aliphatic carbocycles. The summed E-state index contributed by atoms with van der Waals surface area (Å²) in [4.78, 5) is 25.2. The summed E-state index contributed by atoms with van der Waals surface area (Å²) in [5.74, 6) is -0.825. The lowest BCUT2D eigenvalue weighted by Gasteiger charge is -2.44. The topological polar surface area (TPSA) is 89.9 Å². The van der Waals surface area contributed by atoms with Crippen molar-refractivity contribution in [3.8, 4) is 0 Å². The lowest BCUT2D eigenvalue weighted by molar-refractivity contribution is -0.137. The van der Waals surface area contributed by atoms with Gasteiger partial charge in [0.1, 0.15) is 0 Å². The Bertz CT molecular complexity index is 860. The van der Waals surface area contributed by atoms with E-state index in [-0.39, 0.29) is 30.3 Å². The van der Waals surface area contributed by atoms with Crippen LogP contribution in [0.4, 0.5) is 4.79 Å². The molecule has 2 atom stereocenters. The molecule has 0 bridgehead atoms. The highest BCUT2D eigenvalue weighted by Gasteiger charge is 2.42. The van der Waals surface area contributed by atoms with Crippen LogP contribution in [-0.2, 0) is 16.8 Å². The number of amides is 2. The molecule has 0 radical (unpaired) electrons. The van der Waals surface area contributed by atoms with Crippen LogP contribution in [0.3, 0.4) is 0 Å². The zero-order valence-electron chi connectivity index (χ0n) is 19.3. The van der Waals surface area contributed by atoms with Gasteiger partial charge in [-0.1, -0.05) is 65.3 Å². The smallest absolute Gasteiger partial charge is 0.322 e. The Balaban J connectivity index is 2.45. The third-order valence-electron chi connectivity index (χ3n) is 6.05. The average Bonchev–Trinajstić information content (AvgIpc) is 2.66. The largest absolute Gasteiger partial charge is 0.481 e. The molecule has 0 aromatic heterocycles. The van der Waals surface area contributed by atoms with E-state index in [9.17, 15) is 14.7 Å². The van der Waals surface area contributed by atoms with Gasteiger partial charge < -0.3 is 20.4 Å². The number of hydrogen-bond acceptors (Lipinski definition) is 3. The number of aliphatic hydroxyl groups is 1. The quantitative estimate of drug-likeness (QED) is 0.523. The molecule has 0 saturated heterocycles. The van der Waals surface area contributed by atoms with Gasteiger partial charge in [0, 0.05) is 24.2 Å². The minimum Gasteiger partial charge on any atom is -0.481 e. The number of aliphatic hydroxyl groups excluding tert-OH is 1. The van der Waals surface area contributed by atoms with E-state index in [1.807, 2.05) is 45.9 Å². The van der Waals surface area contributed by atoms with Gasteiger partial charge in [-0.25, -0.2) is 4.79 Å². The molecular weight excluding hydrogens is 416 g/mol. The number of rotatable bonds is 8. The molecule has 2 amide bonds. The van der Waals surface area contributed by atoms with Crippen molar-refractivity contribution < 1.29 is 19.8 Å². The number of nitrogens with zero attached hydrogens (tertiary/aromatic N) is 1. The predicted octanol–water partition coefficient (Wildman–Crippen LogP) is 4.93. The molecule has 0 unspecified atom stereocenters. The Labute approximate surface area is 190 Å². The number of aliphatic carboxylic acids is 1. The van der Waals surface area contributed by atoms with Crippen molar-refractivity contribution in [1.29, 1.82) is 0 Å². The molecule has 1 aliphatic heterocycles. The van der Waals surface area contributed by atoms with Crippen LogP contribution >= 0.6 is 11.6 Å². The molecular formula is C24H35ClN2O4. The predicted molar refractivity (Wildman–Crippen MR) is 123 cm³/mol. The lowest BCUT2D eigenvalue weighted by Crippen LogP contribution is -2.56. The molecule has 1 aromatic rings. The summed E-state index contributed by atoms with van der Waals surface area (Å²) in [5, 5.41) is 23.2. The normalized spacial score (nSPS) is 20.5. The minimum absolute atomic E-state index is 0.113. The number of carbonyl (C=O) groups is 2. The van der Waals surface area contributed by atoms with Crippen LogP contribution in [0.25, 0.3) is 0 Å². The van der Waals surface area contributed by atoms with E-state index in [0.717, 1.165) is 16.7 Å². The summed E-state index contributed by atoms with van der Waals surface area (Å²) in [6, 6.07) is 5.43. The van der Waals surface area contributed by atoms with Crippen molar-refractivity contribution in [2.24, 2.45) is 11.3 Å². The second-order valence-electron chi connectivity index (χ2n) is 9.66. The third kappa shape index (κ3) is 5.60. The van der Waals surface area contributed by atoms with Crippen LogP contribution in [0.5, 0.6) is 0 Å². The highest BCUT2D eigenvalue weighted by molar-refractivity contribution is 6.31. The molecule has 1 heterocycles. The molecule has 1 aliphatic rings. The first-order chi connectivity index (χ1) is 14.3. The van der Waals surface area contributed by atoms with E-state index >= 15 is 0 Å². The summed E-state index contributed by atoms with van der Waals surface area (Å²) < 4.78 is 0. The maximum Gasteiger partial charge on any atom is 0.322 e. The fraction of sp³-hybridized carbons (Fsp3) is 0.583. The van der Waals surface area contributed by atoms with E-state index in [4.69, 9.17) is 16.7 Å². The molecule has 0 spiro atoms. The molecule has 172 valence electrons. The number of carbonyl (C=O) groups excluding carboxylic acids is 1. The molecule has 31 heavy (non-hydrogen) atoms. The molecule has 0 saturated carbocycles. The Morgan fingerprint density at radius 3 is 2.42 bits per heavy atom. The Morgan fingerprint density at radius 1 is 1.29 bits per heavy atom. The maximum absolute atomic E-state index is 12.8. The first-order valence-corrected chi connectivity index (χ1v) is 11.2. The summed E-state index contributed by atoms with van der Waals surface area (Å²) in [6.45, 7) is 12.2.